The minimum atomic E-state index is -0.172. The van der Waals surface area contributed by atoms with Crippen molar-refractivity contribution in [1.82, 2.24) is 4.57 Å². The monoisotopic (exact) mass is 336 g/mol. The van der Waals surface area contributed by atoms with Crippen molar-refractivity contribution in [2.75, 3.05) is 11.4 Å². The summed E-state index contributed by atoms with van der Waals surface area (Å²) in [5.74, 6) is 0.260. The van der Waals surface area contributed by atoms with Crippen LogP contribution in [0.1, 0.15) is 66.2 Å². The van der Waals surface area contributed by atoms with Gasteiger partial charge in [0.25, 0.3) is 5.91 Å². The van der Waals surface area contributed by atoms with Gasteiger partial charge in [-0.1, -0.05) is 25.1 Å². The molecule has 0 spiro atoms. The molecule has 0 unspecified atom stereocenters. The summed E-state index contributed by atoms with van der Waals surface area (Å²) >= 11 is 0. The highest BCUT2D eigenvalue weighted by Crippen LogP contribution is 2.36. The van der Waals surface area contributed by atoms with E-state index in [4.69, 9.17) is 0 Å². The molecule has 2 heterocycles. The average molecular weight is 336 g/mol. The molecular formula is C21H24N2O2. The van der Waals surface area contributed by atoms with Crippen molar-refractivity contribution in [3.05, 3.63) is 63.6 Å². The van der Waals surface area contributed by atoms with Crippen LogP contribution in [0.3, 0.4) is 0 Å². The maximum Gasteiger partial charge on any atom is 0.263 e. The fourth-order valence-corrected chi connectivity index (χ4v) is 3.89. The lowest BCUT2D eigenvalue weighted by molar-refractivity contribution is 0.0985. The molecule has 1 amide bonds. The Morgan fingerprint density at radius 3 is 2.68 bits per heavy atom. The van der Waals surface area contributed by atoms with Gasteiger partial charge < -0.3 is 9.47 Å². The number of pyridine rings is 1. The van der Waals surface area contributed by atoms with Crippen molar-refractivity contribution in [3.63, 3.8) is 0 Å². The molecule has 2 aromatic rings. The third kappa shape index (κ3) is 2.90. The average Bonchev–Trinajstić information content (AvgIpc) is 3.43. The molecule has 1 aliphatic carbocycles. The SMILES string of the molecule is Cc1cc(=O)c(C(=O)N2CCC[C@H](C)c3ccccc32)cn1C1CC1. The van der Waals surface area contributed by atoms with Gasteiger partial charge in [0.05, 0.1) is 0 Å². The number of nitrogens with zero attached hydrogens (tertiary/aromatic N) is 2. The molecular weight excluding hydrogens is 312 g/mol. The molecule has 1 saturated carbocycles. The molecule has 1 aliphatic heterocycles. The Bertz CT molecular complexity index is 880. The minimum absolute atomic E-state index is 0.166. The summed E-state index contributed by atoms with van der Waals surface area (Å²) in [6.07, 6.45) is 6.04. The molecule has 25 heavy (non-hydrogen) atoms. The molecule has 4 heteroatoms. The molecule has 130 valence electrons. The van der Waals surface area contributed by atoms with Crippen LogP contribution in [0.4, 0.5) is 5.69 Å². The van der Waals surface area contributed by atoms with Gasteiger partial charge in [0.2, 0.25) is 0 Å². The van der Waals surface area contributed by atoms with Crippen molar-refractivity contribution >= 4 is 11.6 Å². The van der Waals surface area contributed by atoms with E-state index in [-0.39, 0.29) is 11.3 Å². The minimum Gasteiger partial charge on any atom is -0.348 e. The molecule has 0 radical (unpaired) electrons. The number of hydrogen-bond acceptors (Lipinski definition) is 2. The second-order valence-corrected chi connectivity index (χ2v) is 7.39. The largest absolute Gasteiger partial charge is 0.348 e. The Kier molecular flexibility index (Phi) is 3.98. The molecule has 4 nitrogen and oxygen atoms in total. The second kappa shape index (κ2) is 6.17. The van der Waals surface area contributed by atoms with E-state index in [1.165, 1.54) is 5.56 Å². The number of para-hydroxylation sites is 1. The fourth-order valence-electron chi connectivity index (χ4n) is 3.89. The van der Waals surface area contributed by atoms with Crippen LogP contribution in [-0.2, 0) is 0 Å². The topological polar surface area (TPSA) is 42.3 Å². The van der Waals surface area contributed by atoms with E-state index in [9.17, 15) is 9.59 Å². The zero-order chi connectivity index (χ0) is 17.6. The zero-order valence-electron chi connectivity index (χ0n) is 14.9. The summed E-state index contributed by atoms with van der Waals surface area (Å²) in [5, 5.41) is 0. The standard InChI is InChI=1S/C21H24N2O2/c1-14-6-5-11-22(19-8-4-3-7-17(14)19)21(25)18-13-23(16-9-10-16)15(2)12-20(18)24/h3-4,7-8,12-14,16H,5-6,9-11H2,1-2H3/t14-/m0/s1. The first kappa shape index (κ1) is 16.1. The number of aryl methyl sites for hydroxylation is 1. The summed E-state index contributed by atoms with van der Waals surface area (Å²) < 4.78 is 2.10. The zero-order valence-corrected chi connectivity index (χ0v) is 14.9. The molecule has 1 fully saturated rings. The second-order valence-electron chi connectivity index (χ2n) is 7.39. The highest BCUT2D eigenvalue weighted by molar-refractivity contribution is 6.06. The maximum absolute atomic E-state index is 13.3. The van der Waals surface area contributed by atoms with Crippen LogP contribution in [0.2, 0.25) is 0 Å². The van der Waals surface area contributed by atoms with Crippen molar-refractivity contribution in [3.8, 4) is 0 Å². The van der Waals surface area contributed by atoms with E-state index in [0.29, 0.717) is 24.1 Å². The third-order valence-corrected chi connectivity index (χ3v) is 5.47. The van der Waals surface area contributed by atoms with Crippen molar-refractivity contribution in [2.24, 2.45) is 0 Å². The van der Waals surface area contributed by atoms with Crippen LogP contribution >= 0.6 is 0 Å². The maximum atomic E-state index is 13.3. The number of anilines is 1. The molecule has 1 atom stereocenters. The van der Waals surface area contributed by atoms with Crippen LogP contribution in [0.15, 0.2) is 41.3 Å². The molecule has 1 aromatic heterocycles. The molecule has 1 aromatic carbocycles. The highest BCUT2D eigenvalue weighted by atomic mass is 16.2. The van der Waals surface area contributed by atoms with E-state index in [0.717, 1.165) is 37.1 Å². The van der Waals surface area contributed by atoms with Gasteiger partial charge in [-0.05, 0) is 50.2 Å². The van der Waals surface area contributed by atoms with Crippen LogP contribution < -0.4 is 10.3 Å². The highest BCUT2D eigenvalue weighted by Gasteiger charge is 2.29. The molecule has 0 N–H and O–H groups in total. The third-order valence-electron chi connectivity index (χ3n) is 5.47. The number of benzene rings is 1. The quantitative estimate of drug-likeness (QED) is 0.831. The Morgan fingerprint density at radius 2 is 1.92 bits per heavy atom. The lowest BCUT2D eigenvalue weighted by Gasteiger charge is -2.24. The Labute approximate surface area is 148 Å². The van der Waals surface area contributed by atoms with Crippen molar-refractivity contribution < 1.29 is 4.79 Å². The van der Waals surface area contributed by atoms with E-state index in [2.05, 4.69) is 17.6 Å². The van der Waals surface area contributed by atoms with Gasteiger partial charge in [0, 0.05) is 36.2 Å². The van der Waals surface area contributed by atoms with Crippen LogP contribution in [-0.4, -0.2) is 17.0 Å². The predicted octanol–water partition coefficient (Wildman–Crippen LogP) is 4.04. The number of carbonyl (C=O) groups is 1. The first-order valence-electron chi connectivity index (χ1n) is 9.20. The van der Waals surface area contributed by atoms with Gasteiger partial charge >= 0.3 is 0 Å². The molecule has 2 aliphatic rings. The van der Waals surface area contributed by atoms with E-state index >= 15 is 0 Å². The van der Waals surface area contributed by atoms with Crippen LogP contribution in [0.25, 0.3) is 0 Å². The first-order chi connectivity index (χ1) is 12.1. The van der Waals surface area contributed by atoms with Crippen LogP contribution in [0.5, 0.6) is 0 Å². The summed E-state index contributed by atoms with van der Waals surface area (Å²) in [6.45, 7) is 4.81. The van der Waals surface area contributed by atoms with E-state index < -0.39 is 0 Å². The molecule has 0 saturated heterocycles. The van der Waals surface area contributed by atoms with Gasteiger partial charge in [-0.15, -0.1) is 0 Å². The smallest absolute Gasteiger partial charge is 0.263 e. The Morgan fingerprint density at radius 1 is 1.16 bits per heavy atom. The molecule has 0 bridgehead atoms. The predicted molar refractivity (Wildman–Crippen MR) is 99.5 cm³/mol. The van der Waals surface area contributed by atoms with Crippen molar-refractivity contribution in [1.29, 1.82) is 0 Å². The number of rotatable bonds is 2. The first-order valence-corrected chi connectivity index (χ1v) is 9.20. The molecule has 4 rings (SSSR count). The fraction of sp³-hybridized carbons (Fsp3) is 0.429. The van der Waals surface area contributed by atoms with Gasteiger partial charge in [0.15, 0.2) is 5.43 Å². The lowest BCUT2D eigenvalue weighted by atomic mass is 9.96. The van der Waals surface area contributed by atoms with E-state index in [1.807, 2.05) is 30.0 Å². The van der Waals surface area contributed by atoms with Crippen molar-refractivity contribution in [2.45, 2.75) is 51.5 Å². The summed E-state index contributed by atoms with van der Waals surface area (Å²) in [5.41, 5.74) is 3.21. The summed E-state index contributed by atoms with van der Waals surface area (Å²) in [6, 6.07) is 10.1. The normalized spacial score (nSPS) is 20.1. The number of hydrogen-bond donors (Lipinski definition) is 0. The Hall–Kier alpha value is -2.36. The van der Waals surface area contributed by atoms with Gasteiger partial charge in [-0.25, -0.2) is 0 Å². The number of fused-ring (bicyclic) bond motifs is 1. The van der Waals surface area contributed by atoms with Gasteiger partial charge in [-0.2, -0.15) is 0 Å². The van der Waals surface area contributed by atoms with Gasteiger partial charge in [0.1, 0.15) is 5.56 Å². The van der Waals surface area contributed by atoms with E-state index in [1.54, 1.807) is 12.3 Å². The summed E-state index contributed by atoms with van der Waals surface area (Å²) in [4.78, 5) is 27.6. The number of aromatic nitrogens is 1. The lowest BCUT2D eigenvalue weighted by Crippen LogP contribution is -2.35. The summed E-state index contributed by atoms with van der Waals surface area (Å²) in [7, 11) is 0. The van der Waals surface area contributed by atoms with Crippen LogP contribution in [0, 0.1) is 6.92 Å². The Balaban J connectivity index is 1.77. The number of amides is 1. The van der Waals surface area contributed by atoms with Gasteiger partial charge in [-0.3, -0.25) is 9.59 Å². The number of carbonyl (C=O) groups excluding carboxylic acids is 1.